The molecule has 154 valence electrons. The molecule has 0 radical (unpaired) electrons. The molecule has 0 aliphatic carbocycles. The third kappa shape index (κ3) is 5.65. The van der Waals surface area contributed by atoms with Crippen molar-refractivity contribution in [2.24, 2.45) is 11.1 Å². The van der Waals surface area contributed by atoms with Crippen LogP contribution < -0.4 is 5.73 Å². The van der Waals surface area contributed by atoms with Gasteiger partial charge in [-0.15, -0.1) is 12.4 Å². The predicted octanol–water partition coefficient (Wildman–Crippen LogP) is 4.40. The third-order valence-corrected chi connectivity index (χ3v) is 4.29. The first-order valence-electron chi connectivity index (χ1n) is 9.26. The van der Waals surface area contributed by atoms with Gasteiger partial charge in [0, 0.05) is 36.8 Å². The van der Waals surface area contributed by atoms with Gasteiger partial charge < -0.3 is 15.2 Å². The summed E-state index contributed by atoms with van der Waals surface area (Å²) < 4.78 is 5.43. The van der Waals surface area contributed by atoms with Crippen LogP contribution in [0.3, 0.4) is 0 Å². The number of amides is 1. The summed E-state index contributed by atoms with van der Waals surface area (Å²) in [7, 11) is 1.82. The Morgan fingerprint density at radius 3 is 2.41 bits per heavy atom. The monoisotopic (exact) mass is 414 g/mol. The van der Waals surface area contributed by atoms with Crippen LogP contribution in [0, 0.1) is 5.41 Å². The predicted molar refractivity (Wildman–Crippen MR) is 117 cm³/mol. The second-order valence-corrected chi connectivity index (χ2v) is 8.13. The number of carbonyl (C=O) groups excluding carboxylic acids is 1. The van der Waals surface area contributed by atoms with Gasteiger partial charge in [0.15, 0.2) is 0 Å². The average molecular weight is 415 g/mol. The van der Waals surface area contributed by atoms with Crippen molar-refractivity contribution < 1.29 is 9.32 Å². The zero-order chi connectivity index (χ0) is 20.3. The maximum absolute atomic E-state index is 12.7. The number of benzene rings is 2. The molecule has 3 aromatic rings. The van der Waals surface area contributed by atoms with Crippen LogP contribution in [0.5, 0.6) is 0 Å². The van der Waals surface area contributed by atoms with Crippen LogP contribution in [0.1, 0.15) is 36.7 Å². The number of carbonyl (C=O) groups is 1. The highest BCUT2D eigenvalue weighted by Crippen LogP contribution is 2.24. The molecule has 0 fully saturated rings. The van der Waals surface area contributed by atoms with Crippen molar-refractivity contribution in [2.75, 3.05) is 13.6 Å². The van der Waals surface area contributed by atoms with E-state index in [4.69, 9.17) is 10.3 Å². The number of halogens is 1. The van der Waals surface area contributed by atoms with Gasteiger partial charge >= 0.3 is 0 Å². The van der Waals surface area contributed by atoms with Gasteiger partial charge in [-0.25, -0.2) is 0 Å². The van der Waals surface area contributed by atoms with Crippen molar-refractivity contribution in [2.45, 2.75) is 27.3 Å². The Morgan fingerprint density at radius 2 is 1.79 bits per heavy atom. The summed E-state index contributed by atoms with van der Waals surface area (Å²) in [5.41, 5.74) is 8.86. The molecule has 7 heteroatoms. The van der Waals surface area contributed by atoms with E-state index in [0.29, 0.717) is 35.9 Å². The van der Waals surface area contributed by atoms with Gasteiger partial charge in [-0.05, 0) is 29.2 Å². The normalized spacial score (nSPS) is 11.1. The standard InChI is InChI=1S/C22H26N4O2.ClH/c1-22(2,3)14-26(4)21(27)18-7-5-6-17(12-18)20-24-19(25-28-20)16-10-8-15(13-23)9-11-16;/h5-12H,13-14,23H2,1-4H3;1H. The molecule has 0 aliphatic heterocycles. The highest BCUT2D eigenvalue weighted by atomic mass is 35.5. The molecule has 1 amide bonds. The van der Waals surface area contributed by atoms with Crippen LogP contribution in [0.4, 0.5) is 0 Å². The minimum atomic E-state index is -0.0334. The molecule has 1 heterocycles. The smallest absolute Gasteiger partial charge is 0.258 e. The van der Waals surface area contributed by atoms with Crippen LogP contribution in [0.2, 0.25) is 0 Å². The van der Waals surface area contributed by atoms with Gasteiger partial charge in [0.1, 0.15) is 0 Å². The van der Waals surface area contributed by atoms with Crippen molar-refractivity contribution in [1.82, 2.24) is 15.0 Å². The Kier molecular flexibility index (Phi) is 7.16. The molecule has 29 heavy (non-hydrogen) atoms. The Labute approximate surface area is 177 Å². The van der Waals surface area contributed by atoms with Gasteiger partial charge in [-0.3, -0.25) is 4.79 Å². The van der Waals surface area contributed by atoms with E-state index in [2.05, 4.69) is 30.9 Å². The molecule has 0 unspecified atom stereocenters. The maximum Gasteiger partial charge on any atom is 0.258 e. The molecular weight excluding hydrogens is 388 g/mol. The number of aromatic nitrogens is 2. The first-order chi connectivity index (χ1) is 13.3. The second-order valence-electron chi connectivity index (χ2n) is 8.13. The van der Waals surface area contributed by atoms with Crippen molar-refractivity contribution in [1.29, 1.82) is 0 Å². The summed E-state index contributed by atoms with van der Waals surface area (Å²) in [6.45, 7) is 7.47. The molecule has 0 saturated carbocycles. The van der Waals surface area contributed by atoms with E-state index in [1.54, 1.807) is 17.0 Å². The summed E-state index contributed by atoms with van der Waals surface area (Å²) in [4.78, 5) is 19.0. The fourth-order valence-corrected chi connectivity index (χ4v) is 3.04. The summed E-state index contributed by atoms with van der Waals surface area (Å²) in [5.74, 6) is 0.847. The van der Waals surface area contributed by atoms with Gasteiger partial charge in [0.2, 0.25) is 5.82 Å². The number of hydrogen-bond acceptors (Lipinski definition) is 5. The molecule has 0 bridgehead atoms. The fraction of sp³-hybridized carbons (Fsp3) is 0.318. The molecule has 0 saturated heterocycles. The fourth-order valence-electron chi connectivity index (χ4n) is 3.04. The summed E-state index contributed by atoms with van der Waals surface area (Å²) in [6, 6.07) is 15.0. The van der Waals surface area contributed by atoms with E-state index >= 15 is 0 Å². The molecule has 6 nitrogen and oxygen atoms in total. The van der Waals surface area contributed by atoms with E-state index in [-0.39, 0.29) is 23.7 Å². The van der Waals surface area contributed by atoms with E-state index in [9.17, 15) is 4.79 Å². The van der Waals surface area contributed by atoms with Crippen LogP contribution in [-0.2, 0) is 6.54 Å². The molecule has 0 aliphatic rings. The SMILES string of the molecule is CN(CC(C)(C)C)C(=O)c1cccc(-c2nc(-c3ccc(CN)cc3)no2)c1.Cl. The molecule has 2 N–H and O–H groups in total. The minimum Gasteiger partial charge on any atom is -0.341 e. The summed E-state index contributed by atoms with van der Waals surface area (Å²) in [6.07, 6.45) is 0. The van der Waals surface area contributed by atoms with Crippen molar-refractivity contribution in [3.8, 4) is 22.8 Å². The van der Waals surface area contributed by atoms with Crippen LogP contribution >= 0.6 is 12.4 Å². The van der Waals surface area contributed by atoms with Crippen LogP contribution in [0.25, 0.3) is 22.8 Å². The Morgan fingerprint density at radius 1 is 1.10 bits per heavy atom. The van der Waals surface area contributed by atoms with Crippen LogP contribution in [0.15, 0.2) is 53.1 Å². The van der Waals surface area contributed by atoms with Crippen LogP contribution in [-0.4, -0.2) is 34.5 Å². The highest BCUT2D eigenvalue weighted by molar-refractivity contribution is 5.95. The number of nitrogens with two attached hydrogens (primary N) is 1. The largest absolute Gasteiger partial charge is 0.341 e. The van der Waals surface area contributed by atoms with E-state index in [1.807, 2.05) is 43.4 Å². The second kappa shape index (κ2) is 9.20. The number of rotatable bonds is 5. The lowest BCUT2D eigenvalue weighted by atomic mass is 9.96. The topological polar surface area (TPSA) is 85.2 Å². The molecule has 2 aromatic carbocycles. The molecular formula is C22H27ClN4O2. The minimum absolute atomic E-state index is 0. The first-order valence-corrected chi connectivity index (χ1v) is 9.26. The lowest BCUT2D eigenvalue weighted by Gasteiger charge is -2.26. The first kappa shape index (κ1) is 22.6. The molecule has 1 aromatic heterocycles. The van der Waals surface area contributed by atoms with Crippen molar-refractivity contribution in [3.63, 3.8) is 0 Å². The lowest BCUT2D eigenvalue weighted by molar-refractivity contribution is 0.0745. The van der Waals surface area contributed by atoms with E-state index < -0.39 is 0 Å². The maximum atomic E-state index is 12.7. The third-order valence-electron chi connectivity index (χ3n) is 4.29. The summed E-state index contributed by atoms with van der Waals surface area (Å²) in [5, 5.41) is 4.06. The lowest BCUT2D eigenvalue weighted by Crippen LogP contribution is -2.34. The van der Waals surface area contributed by atoms with E-state index in [1.165, 1.54) is 0 Å². The van der Waals surface area contributed by atoms with Gasteiger partial charge in [-0.2, -0.15) is 4.98 Å². The van der Waals surface area contributed by atoms with Gasteiger partial charge in [0.25, 0.3) is 11.8 Å². The average Bonchev–Trinajstić information content (AvgIpc) is 3.16. The van der Waals surface area contributed by atoms with Gasteiger partial charge in [0.05, 0.1) is 0 Å². The number of hydrogen-bond donors (Lipinski definition) is 1. The molecule has 0 spiro atoms. The Hall–Kier alpha value is -2.70. The van der Waals surface area contributed by atoms with E-state index in [0.717, 1.165) is 11.1 Å². The Bertz CT molecular complexity index is 961. The molecule has 0 atom stereocenters. The van der Waals surface area contributed by atoms with Crippen molar-refractivity contribution >= 4 is 18.3 Å². The number of nitrogens with zero attached hydrogens (tertiary/aromatic N) is 3. The zero-order valence-corrected chi connectivity index (χ0v) is 18.0. The Balaban J connectivity index is 0.00000300. The zero-order valence-electron chi connectivity index (χ0n) is 17.2. The highest BCUT2D eigenvalue weighted by Gasteiger charge is 2.20. The van der Waals surface area contributed by atoms with Gasteiger partial charge in [-0.1, -0.05) is 56.3 Å². The summed E-state index contributed by atoms with van der Waals surface area (Å²) >= 11 is 0. The van der Waals surface area contributed by atoms with Crippen molar-refractivity contribution in [3.05, 3.63) is 59.7 Å². The molecule has 3 rings (SSSR count). The quantitative estimate of drug-likeness (QED) is 0.668.